The molecule has 1 saturated carbocycles. The van der Waals surface area contributed by atoms with Crippen molar-refractivity contribution >= 4 is 15.7 Å². The van der Waals surface area contributed by atoms with Crippen LogP contribution in [0.15, 0.2) is 47.4 Å². The molecule has 6 nitrogen and oxygen atoms in total. The Bertz CT molecular complexity index is 1090. The van der Waals surface area contributed by atoms with Crippen molar-refractivity contribution < 1.29 is 13.2 Å². The summed E-state index contributed by atoms with van der Waals surface area (Å²) >= 11 is 0. The summed E-state index contributed by atoms with van der Waals surface area (Å²) in [4.78, 5) is 2.60. The standard InChI is InChI=1S/C24H29N3O3S/c1-4-30-19-10-13-21-22(15-25)24(27(23(21)14-19)18-6-5-7-18)17-8-11-20(12-9-17)31(28,29)26-16(2)3/h8-14,16,18,22,24,26H,4-7H2,1-3H3. The zero-order valence-corrected chi connectivity index (χ0v) is 19.0. The highest BCUT2D eigenvalue weighted by molar-refractivity contribution is 7.89. The number of ether oxygens (including phenoxy) is 1. The summed E-state index contributed by atoms with van der Waals surface area (Å²) in [7, 11) is -3.55. The maximum atomic E-state index is 12.5. The summed E-state index contributed by atoms with van der Waals surface area (Å²) < 4.78 is 33.4. The second-order valence-corrected chi connectivity index (χ2v) is 10.3. The molecular formula is C24H29N3O3S. The predicted molar refractivity (Wildman–Crippen MR) is 121 cm³/mol. The topological polar surface area (TPSA) is 82.4 Å². The van der Waals surface area contributed by atoms with Crippen LogP contribution in [0, 0.1) is 11.3 Å². The number of benzene rings is 2. The van der Waals surface area contributed by atoms with E-state index in [2.05, 4.69) is 15.7 Å². The molecule has 2 aliphatic rings. The van der Waals surface area contributed by atoms with Crippen LogP contribution in [-0.4, -0.2) is 27.1 Å². The van der Waals surface area contributed by atoms with Crippen molar-refractivity contribution in [2.24, 2.45) is 0 Å². The van der Waals surface area contributed by atoms with Gasteiger partial charge in [0, 0.05) is 23.8 Å². The van der Waals surface area contributed by atoms with E-state index in [0.29, 0.717) is 12.6 Å². The molecule has 0 aromatic heterocycles. The van der Waals surface area contributed by atoms with Gasteiger partial charge in [0.1, 0.15) is 5.75 Å². The molecule has 0 amide bonds. The summed E-state index contributed by atoms with van der Waals surface area (Å²) in [6.45, 7) is 6.15. The van der Waals surface area contributed by atoms with Gasteiger partial charge in [0.2, 0.25) is 10.0 Å². The van der Waals surface area contributed by atoms with Crippen LogP contribution >= 0.6 is 0 Å². The monoisotopic (exact) mass is 439 g/mol. The van der Waals surface area contributed by atoms with Crippen molar-refractivity contribution in [2.75, 3.05) is 11.5 Å². The van der Waals surface area contributed by atoms with Crippen molar-refractivity contribution in [3.05, 3.63) is 53.6 Å². The average Bonchev–Trinajstić information content (AvgIpc) is 2.99. The largest absolute Gasteiger partial charge is 0.494 e. The predicted octanol–water partition coefficient (Wildman–Crippen LogP) is 4.49. The third-order valence-electron chi connectivity index (χ3n) is 6.07. The number of nitrogens with one attached hydrogen (secondary N) is 1. The lowest BCUT2D eigenvalue weighted by molar-refractivity contribution is 0.339. The average molecular weight is 440 g/mol. The van der Waals surface area contributed by atoms with Gasteiger partial charge < -0.3 is 9.64 Å². The van der Waals surface area contributed by atoms with Crippen molar-refractivity contribution in [3.8, 4) is 11.8 Å². The van der Waals surface area contributed by atoms with Gasteiger partial charge in [-0.2, -0.15) is 5.26 Å². The highest BCUT2D eigenvalue weighted by Crippen LogP contribution is 2.53. The van der Waals surface area contributed by atoms with Crippen LogP contribution in [0.2, 0.25) is 0 Å². The number of rotatable bonds is 7. The fourth-order valence-electron chi connectivity index (χ4n) is 4.55. The summed E-state index contributed by atoms with van der Waals surface area (Å²) in [6, 6.07) is 15.5. The van der Waals surface area contributed by atoms with E-state index in [0.717, 1.165) is 35.4 Å². The second kappa shape index (κ2) is 8.52. The number of hydrogen-bond donors (Lipinski definition) is 1. The summed E-state index contributed by atoms with van der Waals surface area (Å²) in [5.41, 5.74) is 3.03. The van der Waals surface area contributed by atoms with Gasteiger partial charge in [-0.3, -0.25) is 0 Å². The van der Waals surface area contributed by atoms with E-state index in [-0.39, 0.29) is 22.9 Å². The maximum absolute atomic E-state index is 12.5. The number of sulfonamides is 1. The molecule has 31 heavy (non-hydrogen) atoms. The molecule has 1 fully saturated rings. The number of hydrogen-bond acceptors (Lipinski definition) is 5. The summed E-state index contributed by atoms with van der Waals surface area (Å²) in [5.74, 6) is 0.492. The van der Waals surface area contributed by atoms with Gasteiger partial charge in [-0.1, -0.05) is 18.2 Å². The van der Waals surface area contributed by atoms with Gasteiger partial charge in [0.25, 0.3) is 0 Å². The van der Waals surface area contributed by atoms with Crippen LogP contribution in [-0.2, 0) is 10.0 Å². The third kappa shape index (κ3) is 4.02. The lowest BCUT2D eigenvalue weighted by Crippen LogP contribution is -2.41. The Hall–Kier alpha value is -2.56. The fourth-order valence-corrected chi connectivity index (χ4v) is 5.80. The molecular weight excluding hydrogens is 410 g/mol. The van der Waals surface area contributed by atoms with E-state index in [1.165, 1.54) is 6.42 Å². The molecule has 0 radical (unpaired) electrons. The quantitative estimate of drug-likeness (QED) is 0.687. The molecule has 164 valence electrons. The highest BCUT2D eigenvalue weighted by atomic mass is 32.2. The van der Waals surface area contributed by atoms with Crippen molar-refractivity contribution in [2.45, 2.75) is 69.0 Å². The molecule has 0 bridgehead atoms. The Morgan fingerprint density at radius 3 is 2.45 bits per heavy atom. The van der Waals surface area contributed by atoms with Crippen LogP contribution in [0.1, 0.15) is 63.1 Å². The molecule has 4 rings (SSSR count). The molecule has 2 unspecified atom stereocenters. The molecule has 2 aromatic rings. The van der Waals surface area contributed by atoms with Gasteiger partial charge in [-0.25, -0.2) is 13.1 Å². The molecule has 2 aromatic carbocycles. The zero-order valence-electron chi connectivity index (χ0n) is 18.2. The Kier molecular flexibility index (Phi) is 5.96. The van der Waals surface area contributed by atoms with Crippen LogP contribution in [0.5, 0.6) is 5.75 Å². The first kappa shape index (κ1) is 21.7. The molecule has 2 atom stereocenters. The first-order valence-corrected chi connectivity index (χ1v) is 12.4. The number of nitriles is 1. The van der Waals surface area contributed by atoms with E-state index in [1.807, 2.05) is 37.3 Å². The maximum Gasteiger partial charge on any atom is 0.240 e. The normalized spacial score (nSPS) is 20.9. The Labute approximate surface area is 184 Å². The van der Waals surface area contributed by atoms with E-state index < -0.39 is 10.0 Å². The first-order valence-electron chi connectivity index (χ1n) is 10.9. The minimum absolute atomic E-state index is 0.142. The molecule has 0 spiro atoms. The van der Waals surface area contributed by atoms with Crippen molar-refractivity contribution in [1.29, 1.82) is 5.26 Å². The van der Waals surface area contributed by atoms with E-state index in [4.69, 9.17) is 4.74 Å². The molecule has 0 saturated heterocycles. The SMILES string of the molecule is CCOc1ccc2c(c1)N(C1CCC1)C(c1ccc(S(=O)(=O)NC(C)C)cc1)C2C#N. The minimum Gasteiger partial charge on any atom is -0.494 e. The molecule has 1 aliphatic carbocycles. The van der Waals surface area contributed by atoms with Gasteiger partial charge in [0.05, 0.1) is 29.5 Å². The van der Waals surface area contributed by atoms with Crippen LogP contribution in [0.4, 0.5) is 5.69 Å². The summed E-state index contributed by atoms with van der Waals surface area (Å²) in [6.07, 6.45) is 3.37. The first-order chi connectivity index (χ1) is 14.9. The van der Waals surface area contributed by atoms with Gasteiger partial charge in [0.15, 0.2) is 0 Å². The molecule has 7 heteroatoms. The van der Waals surface area contributed by atoms with Crippen LogP contribution < -0.4 is 14.4 Å². The van der Waals surface area contributed by atoms with Gasteiger partial charge in [-0.15, -0.1) is 0 Å². The van der Waals surface area contributed by atoms with Crippen LogP contribution in [0.3, 0.4) is 0 Å². The third-order valence-corrected chi connectivity index (χ3v) is 7.75. The Morgan fingerprint density at radius 2 is 1.90 bits per heavy atom. The Morgan fingerprint density at radius 1 is 1.19 bits per heavy atom. The molecule has 1 N–H and O–H groups in total. The van der Waals surface area contributed by atoms with Crippen molar-refractivity contribution in [3.63, 3.8) is 0 Å². The zero-order chi connectivity index (χ0) is 22.2. The van der Waals surface area contributed by atoms with Gasteiger partial charge in [-0.05, 0) is 69.4 Å². The van der Waals surface area contributed by atoms with E-state index >= 15 is 0 Å². The lowest BCUT2D eigenvalue weighted by Gasteiger charge is -2.41. The lowest BCUT2D eigenvalue weighted by atomic mass is 9.87. The second-order valence-electron chi connectivity index (χ2n) is 8.54. The Balaban J connectivity index is 1.73. The minimum atomic E-state index is -3.55. The van der Waals surface area contributed by atoms with E-state index in [1.54, 1.807) is 26.0 Å². The molecule has 1 heterocycles. The summed E-state index contributed by atoms with van der Waals surface area (Å²) in [5, 5.41) is 10.1. The van der Waals surface area contributed by atoms with Crippen molar-refractivity contribution in [1.82, 2.24) is 4.72 Å². The van der Waals surface area contributed by atoms with E-state index in [9.17, 15) is 13.7 Å². The molecule has 1 aliphatic heterocycles. The van der Waals surface area contributed by atoms with Crippen LogP contribution in [0.25, 0.3) is 0 Å². The smallest absolute Gasteiger partial charge is 0.240 e. The number of anilines is 1. The highest BCUT2D eigenvalue weighted by Gasteiger charge is 2.44. The number of fused-ring (bicyclic) bond motifs is 1. The van der Waals surface area contributed by atoms with Gasteiger partial charge >= 0.3 is 0 Å². The fraction of sp³-hybridized carbons (Fsp3) is 0.458. The number of nitrogens with zero attached hydrogens (tertiary/aromatic N) is 2.